The highest BCUT2D eigenvalue weighted by Gasteiger charge is 2.60. The second kappa shape index (κ2) is 6.38. The number of methoxy groups -OCH3 is 1. The van der Waals surface area contributed by atoms with Gasteiger partial charge in [0.05, 0.1) is 24.9 Å². The molecular weight excluding hydrogens is 368 g/mol. The van der Waals surface area contributed by atoms with E-state index in [0.29, 0.717) is 43.7 Å². The number of carbonyl (C=O) groups is 1. The summed E-state index contributed by atoms with van der Waals surface area (Å²) in [6.07, 6.45) is 6.11. The third-order valence-corrected chi connectivity index (χ3v) is 8.81. The van der Waals surface area contributed by atoms with Gasteiger partial charge in [-0.05, 0) is 55.1 Å². The molecule has 1 aliphatic heterocycles. The van der Waals surface area contributed by atoms with Crippen molar-refractivity contribution >= 4 is 5.78 Å². The van der Waals surface area contributed by atoms with Gasteiger partial charge >= 0.3 is 0 Å². The molecule has 3 saturated carbocycles. The Hall–Kier alpha value is -0.750. The number of ketones is 1. The van der Waals surface area contributed by atoms with Gasteiger partial charge in [0, 0.05) is 37.2 Å². The van der Waals surface area contributed by atoms with Gasteiger partial charge in [-0.1, -0.05) is 20.8 Å². The van der Waals surface area contributed by atoms with Gasteiger partial charge in [-0.15, -0.1) is 0 Å². The fourth-order valence-electron chi connectivity index (χ4n) is 7.16. The van der Waals surface area contributed by atoms with Crippen LogP contribution < -0.4 is 0 Å². The van der Waals surface area contributed by atoms with Gasteiger partial charge in [0.25, 0.3) is 0 Å². The molecule has 0 aromatic rings. The van der Waals surface area contributed by atoms with Crippen molar-refractivity contribution in [3.8, 4) is 0 Å². The first-order valence-corrected chi connectivity index (χ1v) is 11.4. The summed E-state index contributed by atoms with van der Waals surface area (Å²) >= 11 is 0. The zero-order chi connectivity index (χ0) is 20.7. The van der Waals surface area contributed by atoms with E-state index in [1.165, 1.54) is 11.1 Å². The van der Waals surface area contributed by atoms with Crippen molar-refractivity contribution in [1.29, 1.82) is 0 Å². The molecule has 29 heavy (non-hydrogen) atoms. The molecule has 0 radical (unpaired) electrons. The third kappa shape index (κ3) is 2.91. The van der Waals surface area contributed by atoms with E-state index in [4.69, 9.17) is 14.2 Å². The number of Topliss-reactive ketones (excluding diaryl/α,β-unsaturated/α-hetero) is 1. The predicted molar refractivity (Wildman–Crippen MR) is 108 cm³/mol. The standard InChI is InChI=1S/C24H36O5/c1-21(2)13-28-24(29-14-21)10-8-17-20-15(7-9-23(17,26)12-24)16-5-6-19(25)22(16,3)11-18(20)27-4/h15-16,18,26H,5-14H2,1-4H3/t15-,16-,18-,22-,23+/m0/s1. The summed E-state index contributed by atoms with van der Waals surface area (Å²) in [7, 11) is 1.76. The minimum Gasteiger partial charge on any atom is -0.385 e. The van der Waals surface area contributed by atoms with Gasteiger partial charge in [0.1, 0.15) is 5.78 Å². The molecule has 5 heteroatoms. The van der Waals surface area contributed by atoms with Crippen LogP contribution in [0, 0.1) is 22.7 Å². The fourth-order valence-corrected chi connectivity index (χ4v) is 7.16. The molecule has 0 aromatic carbocycles. The van der Waals surface area contributed by atoms with Crippen LogP contribution in [-0.4, -0.2) is 48.7 Å². The molecule has 0 aromatic heterocycles. The summed E-state index contributed by atoms with van der Waals surface area (Å²) in [4.78, 5) is 12.7. The lowest BCUT2D eigenvalue weighted by Crippen LogP contribution is -2.58. The first-order valence-electron chi connectivity index (χ1n) is 11.4. The van der Waals surface area contributed by atoms with Crippen LogP contribution >= 0.6 is 0 Å². The predicted octanol–water partition coefficient (Wildman–Crippen LogP) is 3.78. The van der Waals surface area contributed by atoms with E-state index in [0.717, 1.165) is 38.5 Å². The van der Waals surface area contributed by atoms with Gasteiger partial charge < -0.3 is 19.3 Å². The van der Waals surface area contributed by atoms with Crippen LogP contribution in [0.25, 0.3) is 0 Å². The fraction of sp³-hybridized carbons (Fsp3) is 0.875. The summed E-state index contributed by atoms with van der Waals surface area (Å²) in [6.45, 7) is 7.80. The second-order valence-electron chi connectivity index (χ2n) is 11.4. The Morgan fingerprint density at radius 1 is 1.07 bits per heavy atom. The molecule has 1 spiro atoms. The van der Waals surface area contributed by atoms with Gasteiger partial charge in [-0.3, -0.25) is 4.79 Å². The Bertz CT molecular complexity index is 744. The zero-order valence-electron chi connectivity index (χ0n) is 18.4. The molecule has 0 bridgehead atoms. The molecule has 5 nitrogen and oxygen atoms in total. The lowest BCUT2D eigenvalue weighted by atomic mass is 9.54. The van der Waals surface area contributed by atoms with Crippen LogP contribution in [0.15, 0.2) is 11.1 Å². The quantitative estimate of drug-likeness (QED) is 0.674. The summed E-state index contributed by atoms with van der Waals surface area (Å²) in [5.74, 6) is 0.508. The van der Waals surface area contributed by atoms with Crippen LogP contribution in [0.5, 0.6) is 0 Å². The Morgan fingerprint density at radius 3 is 2.48 bits per heavy atom. The van der Waals surface area contributed by atoms with Crippen molar-refractivity contribution in [3.63, 3.8) is 0 Å². The highest BCUT2D eigenvalue weighted by atomic mass is 16.7. The monoisotopic (exact) mass is 404 g/mol. The maximum atomic E-state index is 12.7. The molecule has 1 heterocycles. The van der Waals surface area contributed by atoms with E-state index in [2.05, 4.69) is 20.8 Å². The Kier molecular flexibility index (Phi) is 4.44. The molecule has 0 unspecified atom stereocenters. The zero-order valence-corrected chi connectivity index (χ0v) is 18.4. The molecule has 1 saturated heterocycles. The van der Waals surface area contributed by atoms with E-state index >= 15 is 0 Å². The Labute approximate surface area is 174 Å². The van der Waals surface area contributed by atoms with Gasteiger partial charge in [0.2, 0.25) is 0 Å². The van der Waals surface area contributed by atoms with Crippen molar-refractivity contribution in [2.45, 2.75) is 89.6 Å². The number of carbonyl (C=O) groups excluding carboxylic acids is 1. The van der Waals surface area contributed by atoms with Crippen LogP contribution in [0.3, 0.4) is 0 Å². The highest BCUT2D eigenvalue weighted by Crippen LogP contribution is 2.61. The number of hydrogen-bond donors (Lipinski definition) is 1. The van der Waals surface area contributed by atoms with Crippen molar-refractivity contribution in [2.75, 3.05) is 20.3 Å². The van der Waals surface area contributed by atoms with Crippen molar-refractivity contribution in [2.24, 2.45) is 22.7 Å². The van der Waals surface area contributed by atoms with Crippen LogP contribution in [0.2, 0.25) is 0 Å². The SMILES string of the molecule is CO[C@H]1C[C@]2(C)C(=O)CC[C@H]2[C@@H]2CC[C@@]3(O)CC4(CCC3=C12)OCC(C)(C)CO4. The Balaban J connectivity index is 1.49. The molecule has 1 N–H and O–H groups in total. The summed E-state index contributed by atoms with van der Waals surface area (Å²) < 4.78 is 18.4. The first kappa shape index (κ1) is 20.2. The average molecular weight is 405 g/mol. The van der Waals surface area contributed by atoms with Gasteiger partial charge in [-0.25, -0.2) is 0 Å². The molecule has 4 fully saturated rings. The average Bonchev–Trinajstić information content (AvgIpc) is 2.97. The number of fused-ring (bicyclic) bond motifs is 4. The first-order chi connectivity index (χ1) is 13.6. The van der Waals surface area contributed by atoms with Crippen molar-refractivity contribution in [3.05, 3.63) is 11.1 Å². The number of aliphatic hydroxyl groups is 1. The van der Waals surface area contributed by atoms with E-state index in [1.54, 1.807) is 7.11 Å². The van der Waals surface area contributed by atoms with Gasteiger partial charge in [0.15, 0.2) is 5.79 Å². The third-order valence-electron chi connectivity index (χ3n) is 8.81. The minimum atomic E-state index is -0.876. The number of hydrogen-bond acceptors (Lipinski definition) is 5. The molecule has 5 atom stereocenters. The lowest BCUT2D eigenvalue weighted by Gasteiger charge is -2.56. The summed E-state index contributed by atoms with van der Waals surface area (Å²) in [5, 5.41) is 11.8. The van der Waals surface area contributed by atoms with E-state index < -0.39 is 11.4 Å². The molecule has 4 aliphatic carbocycles. The minimum absolute atomic E-state index is 0.0221. The smallest absolute Gasteiger partial charge is 0.171 e. The van der Waals surface area contributed by atoms with E-state index in [-0.39, 0.29) is 16.9 Å². The normalized spacial score (nSPS) is 45.7. The Morgan fingerprint density at radius 2 is 1.79 bits per heavy atom. The second-order valence-corrected chi connectivity index (χ2v) is 11.4. The topological polar surface area (TPSA) is 65.0 Å². The highest BCUT2D eigenvalue weighted by molar-refractivity contribution is 5.87. The maximum absolute atomic E-state index is 12.7. The van der Waals surface area contributed by atoms with Crippen LogP contribution in [0.1, 0.15) is 72.1 Å². The lowest BCUT2D eigenvalue weighted by molar-refractivity contribution is -0.322. The number of ether oxygens (including phenoxy) is 3. The van der Waals surface area contributed by atoms with E-state index in [1.807, 2.05) is 0 Å². The van der Waals surface area contributed by atoms with E-state index in [9.17, 15) is 9.90 Å². The molecule has 5 aliphatic rings. The van der Waals surface area contributed by atoms with Gasteiger partial charge in [-0.2, -0.15) is 0 Å². The maximum Gasteiger partial charge on any atom is 0.171 e. The molecule has 0 amide bonds. The molecule has 5 rings (SSSR count). The van der Waals surface area contributed by atoms with Crippen molar-refractivity contribution in [1.82, 2.24) is 0 Å². The van der Waals surface area contributed by atoms with Crippen molar-refractivity contribution < 1.29 is 24.1 Å². The van der Waals surface area contributed by atoms with Crippen LogP contribution in [-0.2, 0) is 19.0 Å². The summed E-state index contributed by atoms with van der Waals surface area (Å²) in [6, 6.07) is 0. The largest absolute Gasteiger partial charge is 0.385 e. The molecular formula is C24H36O5. The molecule has 162 valence electrons. The van der Waals surface area contributed by atoms with Crippen LogP contribution in [0.4, 0.5) is 0 Å². The summed E-state index contributed by atoms with van der Waals surface area (Å²) in [5.41, 5.74) is 1.36. The number of rotatable bonds is 1.